The Bertz CT molecular complexity index is 573. The molecular weight excluding hydrogens is 280 g/mol. The van der Waals surface area contributed by atoms with Crippen molar-refractivity contribution in [3.8, 4) is 0 Å². The Kier molecular flexibility index (Phi) is 6.00. The molecule has 0 aliphatic carbocycles. The molecule has 0 bridgehead atoms. The van der Waals surface area contributed by atoms with Crippen LogP contribution in [0.5, 0.6) is 0 Å². The van der Waals surface area contributed by atoms with Gasteiger partial charge in [-0.3, -0.25) is 0 Å². The summed E-state index contributed by atoms with van der Waals surface area (Å²) in [5.41, 5.74) is 0.961. The predicted octanol–water partition coefficient (Wildman–Crippen LogP) is 1.75. The first kappa shape index (κ1) is 16.1. The van der Waals surface area contributed by atoms with E-state index in [2.05, 4.69) is 39.6 Å². The summed E-state index contributed by atoms with van der Waals surface area (Å²) in [6.07, 6.45) is 5.51. The van der Waals surface area contributed by atoms with Crippen molar-refractivity contribution in [2.24, 2.45) is 4.99 Å². The number of imidazole rings is 1. The Labute approximate surface area is 130 Å². The van der Waals surface area contributed by atoms with Crippen molar-refractivity contribution in [1.82, 2.24) is 25.3 Å². The van der Waals surface area contributed by atoms with Gasteiger partial charge in [-0.1, -0.05) is 19.0 Å². The largest absolute Gasteiger partial charge is 0.359 e. The Morgan fingerprint density at radius 3 is 2.91 bits per heavy atom. The summed E-state index contributed by atoms with van der Waals surface area (Å²) in [5.74, 6) is 1.91. The van der Waals surface area contributed by atoms with Crippen LogP contribution in [0.15, 0.2) is 34.3 Å². The third-order valence-electron chi connectivity index (χ3n) is 3.13. The van der Waals surface area contributed by atoms with Gasteiger partial charge in [0, 0.05) is 38.1 Å². The Hall–Kier alpha value is -2.31. The van der Waals surface area contributed by atoms with Crippen LogP contribution in [0.4, 0.5) is 0 Å². The average Bonchev–Trinajstić information content (AvgIpc) is 3.16. The summed E-state index contributed by atoms with van der Waals surface area (Å²) in [7, 11) is 0. The minimum Gasteiger partial charge on any atom is -0.359 e. The number of rotatable bonds is 7. The second-order valence-electron chi connectivity index (χ2n) is 5.30. The van der Waals surface area contributed by atoms with E-state index in [1.807, 2.05) is 23.8 Å². The van der Waals surface area contributed by atoms with Crippen LogP contribution in [-0.4, -0.2) is 33.8 Å². The molecule has 22 heavy (non-hydrogen) atoms. The van der Waals surface area contributed by atoms with Gasteiger partial charge in [-0.05, 0) is 12.8 Å². The highest BCUT2D eigenvalue weighted by molar-refractivity contribution is 5.79. The molecular formula is C15H24N6O. The number of nitrogens with zero attached hydrogens (tertiary/aromatic N) is 4. The molecule has 2 rings (SSSR count). The average molecular weight is 304 g/mol. The molecule has 0 saturated carbocycles. The van der Waals surface area contributed by atoms with Crippen LogP contribution in [0.25, 0.3) is 0 Å². The van der Waals surface area contributed by atoms with Crippen molar-refractivity contribution in [3.05, 3.63) is 36.2 Å². The summed E-state index contributed by atoms with van der Waals surface area (Å²) in [6.45, 7) is 9.11. The first-order valence-corrected chi connectivity index (χ1v) is 7.62. The monoisotopic (exact) mass is 304 g/mol. The van der Waals surface area contributed by atoms with Crippen LogP contribution >= 0.6 is 0 Å². The van der Waals surface area contributed by atoms with Gasteiger partial charge in [0.1, 0.15) is 6.54 Å². The van der Waals surface area contributed by atoms with Gasteiger partial charge in [0.05, 0.1) is 12.0 Å². The lowest BCUT2D eigenvalue weighted by Crippen LogP contribution is -2.38. The molecule has 0 radical (unpaired) electrons. The van der Waals surface area contributed by atoms with Crippen molar-refractivity contribution in [2.45, 2.75) is 39.8 Å². The molecule has 0 aliphatic heterocycles. The topological polar surface area (TPSA) is 80.3 Å². The first-order chi connectivity index (χ1) is 10.7. The van der Waals surface area contributed by atoms with E-state index in [0.29, 0.717) is 12.5 Å². The first-order valence-electron chi connectivity index (χ1n) is 7.62. The zero-order valence-corrected chi connectivity index (χ0v) is 13.4. The second-order valence-corrected chi connectivity index (χ2v) is 5.30. The number of nitrogens with one attached hydrogen (secondary N) is 2. The third-order valence-corrected chi connectivity index (χ3v) is 3.13. The highest BCUT2D eigenvalue weighted by atomic mass is 16.5. The highest BCUT2D eigenvalue weighted by Gasteiger charge is 2.07. The van der Waals surface area contributed by atoms with Gasteiger partial charge in [0.15, 0.2) is 11.7 Å². The van der Waals surface area contributed by atoms with Gasteiger partial charge in [0.25, 0.3) is 0 Å². The molecule has 7 nitrogen and oxygen atoms in total. The second kappa shape index (κ2) is 8.21. The maximum atomic E-state index is 5.29. The molecule has 0 amide bonds. The molecule has 120 valence electrons. The van der Waals surface area contributed by atoms with Crippen LogP contribution < -0.4 is 10.6 Å². The number of aromatic nitrogens is 3. The summed E-state index contributed by atoms with van der Waals surface area (Å²) in [6, 6.07) is 1.96. The van der Waals surface area contributed by atoms with E-state index >= 15 is 0 Å². The van der Waals surface area contributed by atoms with Gasteiger partial charge in [-0.25, -0.2) is 9.98 Å². The van der Waals surface area contributed by atoms with Crippen LogP contribution in [-0.2, 0) is 13.1 Å². The fourth-order valence-electron chi connectivity index (χ4n) is 1.90. The molecule has 0 aliphatic rings. The Morgan fingerprint density at radius 2 is 2.27 bits per heavy atom. The molecule has 0 atom stereocenters. The van der Waals surface area contributed by atoms with Gasteiger partial charge in [-0.15, -0.1) is 0 Å². The smallest absolute Gasteiger partial charge is 0.191 e. The lowest BCUT2D eigenvalue weighted by Gasteiger charge is -2.11. The van der Waals surface area contributed by atoms with Crippen LogP contribution in [0, 0.1) is 0 Å². The van der Waals surface area contributed by atoms with Gasteiger partial charge in [0.2, 0.25) is 0 Å². The molecule has 2 N–H and O–H groups in total. The fourth-order valence-corrected chi connectivity index (χ4v) is 1.90. The minimum absolute atomic E-state index is 0.364. The van der Waals surface area contributed by atoms with Crippen molar-refractivity contribution in [1.29, 1.82) is 0 Å². The molecule has 0 unspecified atom stereocenters. The van der Waals surface area contributed by atoms with E-state index in [1.54, 1.807) is 12.5 Å². The standard InChI is InChI=1S/C15H24N6O/c1-4-17-15(18-6-8-21-7-5-16-11-21)19-10-13-9-14(12(2)3)20-22-13/h5,7,9,11-12H,4,6,8,10H2,1-3H3,(H2,17,18,19). The predicted molar refractivity (Wildman–Crippen MR) is 85.6 cm³/mol. The van der Waals surface area contributed by atoms with E-state index in [0.717, 1.165) is 37.0 Å². The molecule has 2 aromatic rings. The Balaban J connectivity index is 1.85. The van der Waals surface area contributed by atoms with Crippen molar-refractivity contribution < 1.29 is 4.52 Å². The number of hydrogen-bond acceptors (Lipinski definition) is 4. The van der Waals surface area contributed by atoms with E-state index in [1.165, 1.54) is 0 Å². The van der Waals surface area contributed by atoms with Crippen LogP contribution in [0.3, 0.4) is 0 Å². The summed E-state index contributed by atoms with van der Waals surface area (Å²) >= 11 is 0. The number of hydrogen-bond donors (Lipinski definition) is 2. The Morgan fingerprint density at radius 1 is 1.41 bits per heavy atom. The van der Waals surface area contributed by atoms with Crippen LogP contribution in [0.2, 0.25) is 0 Å². The lowest BCUT2D eigenvalue weighted by atomic mass is 10.1. The van der Waals surface area contributed by atoms with Crippen molar-refractivity contribution in [3.63, 3.8) is 0 Å². The zero-order valence-electron chi connectivity index (χ0n) is 13.4. The van der Waals surface area contributed by atoms with E-state index in [4.69, 9.17) is 4.52 Å². The van der Waals surface area contributed by atoms with E-state index in [9.17, 15) is 0 Å². The molecule has 2 heterocycles. The SMILES string of the molecule is CCNC(=NCc1cc(C(C)C)no1)NCCn1ccnc1. The molecule has 2 aromatic heterocycles. The maximum Gasteiger partial charge on any atom is 0.191 e. The van der Waals surface area contributed by atoms with E-state index < -0.39 is 0 Å². The van der Waals surface area contributed by atoms with Crippen molar-refractivity contribution in [2.75, 3.05) is 13.1 Å². The highest BCUT2D eigenvalue weighted by Crippen LogP contribution is 2.14. The lowest BCUT2D eigenvalue weighted by molar-refractivity contribution is 0.376. The fraction of sp³-hybridized carbons (Fsp3) is 0.533. The quantitative estimate of drug-likeness (QED) is 0.602. The van der Waals surface area contributed by atoms with Crippen LogP contribution in [0.1, 0.15) is 38.1 Å². The summed E-state index contributed by atoms with van der Waals surface area (Å²) < 4.78 is 7.31. The molecule has 0 saturated heterocycles. The molecule has 0 aromatic carbocycles. The zero-order chi connectivity index (χ0) is 15.8. The maximum absolute atomic E-state index is 5.29. The van der Waals surface area contributed by atoms with Gasteiger partial charge >= 0.3 is 0 Å². The molecule has 7 heteroatoms. The van der Waals surface area contributed by atoms with E-state index in [-0.39, 0.29) is 0 Å². The summed E-state index contributed by atoms with van der Waals surface area (Å²) in [4.78, 5) is 8.53. The van der Waals surface area contributed by atoms with Crippen molar-refractivity contribution >= 4 is 5.96 Å². The normalized spacial score (nSPS) is 11.9. The summed E-state index contributed by atoms with van der Waals surface area (Å²) in [5, 5.41) is 10.5. The number of aliphatic imine (C=N–C) groups is 1. The molecule has 0 fully saturated rings. The molecule has 0 spiro atoms. The van der Waals surface area contributed by atoms with Gasteiger partial charge < -0.3 is 19.7 Å². The third kappa shape index (κ3) is 4.91. The van der Waals surface area contributed by atoms with Gasteiger partial charge in [-0.2, -0.15) is 0 Å². The minimum atomic E-state index is 0.364. The number of guanidine groups is 1.